The van der Waals surface area contributed by atoms with Gasteiger partial charge in [0.1, 0.15) is 6.04 Å². The first-order valence-corrected chi connectivity index (χ1v) is 3.70. The van der Waals surface area contributed by atoms with Crippen LogP contribution in [0, 0.1) is 0 Å². The zero-order chi connectivity index (χ0) is 8.43. The highest BCUT2D eigenvalue weighted by Crippen LogP contribution is 2.13. The van der Waals surface area contributed by atoms with Gasteiger partial charge in [-0.2, -0.15) is 0 Å². The Balaban J connectivity index is 2.65. The molecule has 0 spiro atoms. The van der Waals surface area contributed by atoms with Crippen LogP contribution >= 0.6 is 0 Å². The van der Waals surface area contributed by atoms with Gasteiger partial charge in [0.2, 0.25) is 0 Å². The van der Waals surface area contributed by atoms with Gasteiger partial charge in [-0.25, -0.2) is 0 Å². The van der Waals surface area contributed by atoms with E-state index in [-0.39, 0.29) is 6.04 Å². The molecule has 0 aromatic carbocycles. The number of likely N-dealkylation sites (N-methyl/N-ethyl adjacent to an activating group) is 1. The molecule has 1 aliphatic rings. The molecule has 0 aliphatic carbocycles. The van der Waals surface area contributed by atoms with Crippen LogP contribution in [0.2, 0.25) is 0 Å². The van der Waals surface area contributed by atoms with Crippen LogP contribution in [0.15, 0.2) is 11.6 Å². The molecule has 0 aromatic heterocycles. The summed E-state index contributed by atoms with van der Waals surface area (Å²) in [6, 6.07) is -0.321. The van der Waals surface area contributed by atoms with Crippen LogP contribution in [-0.4, -0.2) is 35.6 Å². The van der Waals surface area contributed by atoms with Gasteiger partial charge in [0.05, 0.1) is 0 Å². The minimum atomic E-state index is -0.726. The summed E-state index contributed by atoms with van der Waals surface area (Å²) in [6.45, 7) is 2.80. The van der Waals surface area contributed by atoms with E-state index in [9.17, 15) is 4.79 Å². The molecule has 0 radical (unpaired) electrons. The van der Waals surface area contributed by atoms with Gasteiger partial charge in [0.15, 0.2) is 0 Å². The quantitative estimate of drug-likeness (QED) is 0.567. The Morgan fingerprint density at radius 2 is 2.45 bits per heavy atom. The molecule has 3 heteroatoms. The van der Waals surface area contributed by atoms with Crippen LogP contribution in [0.1, 0.15) is 13.3 Å². The lowest BCUT2D eigenvalue weighted by Crippen LogP contribution is -2.41. The van der Waals surface area contributed by atoms with Crippen LogP contribution in [0.5, 0.6) is 0 Å². The number of hydrogen-bond donors (Lipinski definition) is 1. The van der Waals surface area contributed by atoms with Crippen molar-refractivity contribution in [2.24, 2.45) is 0 Å². The number of rotatable bonds is 1. The van der Waals surface area contributed by atoms with E-state index in [4.69, 9.17) is 5.11 Å². The van der Waals surface area contributed by atoms with Crippen molar-refractivity contribution < 1.29 is 9.90 Å². The zero-order valence-electron chi connectivity index (χ0n) is 6.87. The Kier molecular flexibility index (Phi) is 2.29. The van der Waals surface area contributed by atoms with E-state index in [1.807, 2.05) is 24.9 Å². The number of nitrogens with zero attached hydrogens (tertiary/aromatic N) is 1. The van der Waals surface area contributed by atoms with E-state index in [0.29, 0.717) is 6.42 Å². The van der Waals surface area contributed by atoms with E-state index in [1.165, 1.54) is 5.57 Å². The van der Waals surface area contributed by atoms with Crippen molar-refractivity contribution in [1.29, 1.82) is 0 Å². The third-order valence-electron chi connectivity index (χ3n) is 2.01. The van der Waals surface area contributed by atoms with Gasteiger partial charge in [-0.3, -0.25) is 9.69 Å². The number of carboxylic acids is 1. The van der Waals surface area contributed by atoms with Crippen molar-refractivity contribution in [2.45, 2.75) is 19.4 Å². The van der Waals surface area contributed by atoms with Crippen LogP contribution in [-0.2, 0) is 4.79 Å². The molecule has 0 fully saturated rings. The van der Waals surface area contributed by atoms with Gasteiger partial charge in [0, 0.05) is 6.54 Å². The Morgan fingerprint density at radius 3 is 2.91 bits per heavy atom. The maximum absolute atomic E-state index is 10.6. The average Bonchev–Trinajstić information content (AvgIpc) is 1.85. The van der Waals surface area contributed by atoms with Crippen LogP contribution in [0.25, 0.3) is 0 Å². The minimum Gasteiger partial charge on any atom is -0.480 e. The van der Waals surface area contributed by atoms with Crippen molar-refractivity contribution >= 4 is 5.97 Å². The van der Waals surface area contributed by atoms with E-state index >= 15 is 0 Å². The van der Waals surface area contributed by atoms with Gasteiger partial charge in [-0.05, 0) is 20.4 Å². The first-order chi connectivity index (χ1) is 5.11. The monoisotopic (exact) mass is 155 g/mol. The average molecular weight is 155 g/mol. The van der Waals surface area contributed by atoms with Crippen LogP contribution in [0.3, 0.4) is 0 Å². The Hall–Kier alpha value is -0.830. The second kappa shape index (κ2) is 3.05. The summed E-state index contributed by atoms with van der Waals surface area (Å²) in [5.74, 6) is -0.726. The molecular weight excluding hydrogens is 142 g/mol. The normalized spacial score (nSPS) is 26.4. The van der Waals surface area contributed by atoms with Gasteiger partial charge in [0.25, 0.3) is 0 Å². The molecule has 1 atom stereocenters. The molecule has 0 bridgehead atoms. The maximum atomic E-state index is 10.6. The Morgan fingerprint density at radius 1 is 1.82 bits per heavy atom. The van der Waals surface area contributed by atoms with Crippen molar-refractivity contribution in [3.63, 3.8) is 0 Å². The van der Waals surface area contributed by atoms with Crippen molar-refractivity contribution in [3.8, 4) is 0 Å². The van der Waals surface area contributed by atoms with E-state index in [1.54, 1.807) is 0 Å². The molecule has 0 amide bonds. The summed E-state index contributed by atoms with van der Waals surface area (Å²) in [5.41, 5.74) is 1.25. The maximum Gasteiger partial charge on any atom is 0.321 e. The number of hydrogen-bond acceptors (Lipinski definition) is 2. The molecule has 0 aromatic rings. The summed E-state index contributed by atoms with van der Waals surface area (Å²) < 4.78 is 0. The number of carbonyl (C=O) groups is 1. The highest BCUT2D eigenvalue weighted by molar-refractivity contribution is 5.74. The van der Waals surface area contributed by atoms with Crippen molar-refractivity contribution in [1.82, 2.24) is 4.90 Å². The Bertz CT molecular complexity index is 198. The largest absolute Gasteiger partial charge is 0.480 e. The van der Waals surface area contributed by atoms with E-state index < -0.39 is 5.97 Å². The predicted octanol–water partition coefficient (Wildman–Crippen LogP) is 0.721. The van der Waals surface area contributed by atoms with Crippen LogP contribution in [0.4, 0.5) is 0 Å². The summed E-state index contributed by atoms with van der Waals surface area (Å²) >= 11 is 0. The second-order valence-electron chi connectivity index (χ2n) is 3.06. The zero-order valence-corrected chi connectivity index (χ0v) is 6.87. The van der Waals surface area contributed by atoms with E-state index in [2.05, 4.69) is 0 Å². The smallest absolute Gasteiger partial charge is 0.321 e. The fourth-order valence-electron chi connectivity index (χ4n) is 1.35. The standard InChI is InChI=1S/C8H13NO2/c1-6-3-4-7(8(10)11)9(2)5-6/h3,7H,4-5H2,1-2H3,(H,10,11). The summed E-state index contributed by atoms with van der Waals surface area (Å²) in [4.78, 5) is 12.5. The molecule has 3 nitrogen and oxygen atoms in total. The van der Waals surface area contributed by atoms with E-state index in [0.717, 1.165) is 6.54 Å². The first-order valence-electron chi connectivity index (χ1n) is 3.70. The van der Waals surface area contributed by atoms with Crippen molar-refractivity contribution in [2.75, 3.05) is 13.6 Å². The van der Waals surface area contributed by atoms with Gasteiger partial charge in [-0.15, -0.1) is 0 Å². The first kappa shape index (κ1) is 8.27. The SMILES string of the molecule is CC1=CCC(C(=O)O)N(C)C1. The second-order valence-corrected chi connectivity index (χ2v) is 3.06. The molecule has 11 heavy (non-hydrogen) atoms. The Labute approximate surface area is 66.3 Å². The highest BCUT2D eigenvalue weighted by Gasteiger charge is 2.24. The number of carboxylic acid groups (broad SMARTS) is 1. The molecule has 1 aliphatic heterocycles. The minimum absolute atomic E-state index is 0.321. The van der Waals surface area contributed by atoms with Gasteiger partial charge >= 0.3 is 5.97 Å². The lowest BCUT2D eigenvalue weighted by Gasteiger charge is -2.27. The molecule has 1 heterocycles. The summed E-state index contributed by atoms with van der Waals surface area (Å²) in [7, 11) is 1.84. The topological polar surface area (TPSA) is 40.5 Å². The fraction of sp³-hybridized carbons (Fsp3) is 0.625. The third kappa shape index (κ3) is 1.80. The fourth-order valence-corrected chi connectivity index (χ4v) is 1.35. The summed E-state index contributed by atoms with van der Waals surface area (Å²) in [5, 5.41) is 8.72. The third-order valence-corrected chi connectivity index (χ3v) is 2.01. The van der Waals surface area contributed by atoms with Crippen LogP contribution < -0.4 is 0 Å². The molecule has 1 rings (SSSR count). The lowest BCUT2D eigenvalue weighted by atomic mass is 10.1. The molecule has 0 saturated heterocycles. The molecule has 1 N–H and O–H groups in total. The molecule has 62 valence electrons. The lowest BCUT2D eigenvalue weighted by molar-refractivity contribution is -0.142. The summed E-state index contributed by atoms with van der Waals surface area (Å²) in [6.07, 6.45) is 2.64. The van der Waals surface area contributed by atoms with Crippen molar-refractivity contribution in [3.05, 3.63) is 11.6 Å². The molecule has 1 unspecified atom stereocenters. The van der Waals surface area contributed by atoms with Gasteiger partial charge < -0.3 is 5.11 Å². The predicted molar refractivity (Wildman–Crippen MR) is 42.4 cm³/mol. The molecule has 0 saturated carbocycles. The van der Waals surface area contributed by atoms with Gasteiger partial charge in [-0.1, -0.05) is 11.6 Å². The molecular formula is C8H13NO2. The highest BCUT2D eigenvalue weighted by atomic mass is 16.4. The number of aliphatic carboxylic acids is 1.